The fourth-order valence-electron chi connectivity index (χ4n) is 3.98. The van der Waals surface area contributed by atoms with Crippen molar-refractivity contribution in [3.63, 3.8) is 0 Å². The molecule has 1 fully saturated rings. The lowest BCUT2D eigenvalue weighted by molar-refractivity contribution is 0.242. The molecule has 0 aliphatic heterocycles. The van der Waals surface area contributed by atoms with Crippen molar-refractivity contribution in [3.05, 3.63) is 71.7 Å². The first-order chi connectivity index (χ1) is 14.0. The zero-order valence-electron chi connectivity index (χ0n) is 15.6. The molecule has 1 aliphatic rings. The summed E-state index contributed by atoms with van der Waals surface area (Å²) in [4.78, 5) is 16.4. The van der Waals surface area contributed by atoms with Gasteiger partial charge in [-0.2, -0.15) is 0 Å². The lowest BCUT2D eigenvalue weighted by atomic mass is 9.80. The van der Waals surface area contributed by atoms with E-state index in [0.717, 1.165) is 54.3 Å². The number of fused-ring (bicyclic) bond motifs is 1. The second-order valence-electron chi connectivity index (χ2n) is 7.33. The molecule has 0 spiro atoms. The van der Waals surface area contributed by atoms with Crippen molar-refractivity contribution in [3.8, 4) is 0 Å². The highest BCUT2D eigenvalue weighted by Crippen LogP contribution is 2.36. The van der Waals surface area contributed by atoms with E-state index in [0.29, 0.717) is 0 Å². The Labute approximate surface area is 166 Å². The average molecular weight is 399 g/mol. The van der Waals surface area contributed by atoms with Gasteiger partial charge in [0, 0.05) is 23.7 Å². The quantitative estimate of drug-likeness (QED) is 0.611. The molecule has 1 saturated carbocycles. The summed E-state index contributed by atoms with van der Waals surface area (Å²) in [5.74, 6) is -1.54. The molecule has 2 amide bonds. The Morgan fingerprint density at radius 3 is 2.41 bits per heavy atom. The van der Waals surface area contributed by atoms with E-state index in [-0.39, 0.29) is 23.5 Å². The summed E-state index contributed by atoms with van der Waals surface area (Å²) in [7, 11) is 0. The number of urea groups is 1. The number of benzene rings is 2. The van der Waals surface area contributed by atoms with E-state index in [4.69, 9.17) is 0 Å². The minimum atomic E-state index is -0.819. The van der Waals surface area contributed by atoms with Crippen LogP contribution in [0, 0.1) is 17.5 Å². The molecule has 4 rings (SSSR count). The zero-order valence-corrected chi connectivity index (χ0v) is 15.6. The summed E-state index contributed by atoms with van der Waals surface area (Å²) in [5.41, 5.74) is 1.78. The number of carbonyl (C=O) groups excluding carboxylic acids is 1. The highest BCUT2D eigenvalue weighted by Gasteiger charge is 2.25. The van der Waals surface area contributed by atoms with Gasteiger partial charge in [0.25, 0.3) is 0 Å². The molecule has 7 heteroatoms. The second-order valence-corrected chi connectivity index (χ2v) is 7.33. The van der Waals surface area contributed by atoms with Crippen molar-refractivity contribution >= 4 is 22.6 Å². The van der Waals surface area contributed by atoms with E-state index in [1.54, 1.807) is 12.3 Å². The summed E-state index contributed by atoms with van der Waals surface area (Å²) < 4.78 is 40.3. The first-order valence-electron chi connectivity index (χ1n) is 9.56. The van der Waals surface area contributed by atoms with Crippen LogP contribution in [0.2, 0.25) is 0 Å². The van der Waals surface area contributed by atoms with Gasteiger partial charge in [-0.15, -0.1) is 0 Å². The molecule has 2 aromatic carbocycles. The number of hydrogen-bond acceptors (Lipinski definition) is 2. The molecule has 150 valence electrons. The topological polar surface area (TPSA) is 54.0 Å². The third-order valence-corrected chi connectivity index (χ3v) is 5.42. The monoisotopic (exact) mass is 399 g/mol. The lowest BCUT2D eigenvalue weighted by Crippen LogP contribution is -2.40. The lowest BCUT2D eigenvalue weighted by Gasteiger charge is -2.30. The largest absolute Gasteiger partial charge is 0.335 e. The van der Waals surface area contributed by atoms with Crippen LogP contribution in [0.3, 0.4) is 0 Å². The highest BCUT2D eigenvalue weighted by molar-refractivity contribution is 5.89. The third-order valence-electron chi connectivity index (χ3n) is 5.42. The summed E-state index contributed by atoms with van der Waals surface area (Å²) in [6.07, 6.45) is 4.92. The van der Waals surface area contributed by atoms with Crippen LogP contribution in [0.4, 0.5) is 23.7 Å². The molecular formula is C22H20F3N3O. The average Bonchev–Trinajstić information content (AvgIpc) is 2.70. The summed E-state index contributed by atoms with van der Waals surface area (Å²) >= 11 is 0. The van der Waals surface area contributed by atoms with Crippen LogP contribution in [0.15, 0.2) is 48.7 Å². The number of amides is 2. The molecule has 3 aromatic rings. The van der Waals surface area contributed by atoms with Crippen LogP contribution in [0.5, 0.6) is 0 Å². The van der Waals surface area contributed by atoms with Crippen molar-refractivity contribution in [2.75, 3.05) is 5.32 Å². The van der Waals surface area contributed by atoms with Crippen molar-refractivity contribution in [1.82, 2.24) is 10.3 Å². The minimum absolute atomic E-state index is 0.0420. The fraction of sp³-hybridized carbons (Fsp3) is 0.273. The Morgan fingerprint density at radius 2 is 1.66 bits per heavy atom. The summed E-state index contributed by atoms with van der Waals surface area (Å²) in [6, 6.07) is 8.98. The van der Waals surface area contributed by atoms with Crippen LogP contribution >= 0.6 is 0 Å². The maximum absolute atomic E-state index is 13.7. The SMILES string of the molecule is O=C(Nc1ccc(F)cc1F)NC1CCC(c2ccnc3ccc(F)cc23)CC1. The number of nitrogens with zero attached hydrogens (tertiary/aromatic N) is 1. The van der Waals surface area contributed by atoms with Crippen LogP contribution in [-0.4, -0.2) is 17.1 Å². The van der Waals surface area contributed by atoms with Gasteiger partial charge >= 0.3 is 6.03 Å². The van der Waals surface area contributed by atoms with Gasteiger partial charge in [-0.1, -0.05) is 0 Å². The molecule has 2 N–H and O–H groups in total. The van der Waals surface area contributed by atoms with Gasteiger partial charge in [-0.05, 0) is 73.6 Å². The molecule has 0 radical (unpaired) electrons. The van der Waals surface area contributed by atoms with Crippen molar-refractivity contribution in [1.29, 1.82) is 0 Å². The third kappa shape index (κ3) is 4.34. The number of carbonyl (C=O) groups is 1. The molecular weight excluding hydrogens is 379 g/mol. The standard InChI is InChI=1S/C22H20F3N3O/c23-14-3-7-20-18(11-14)17(9-10-26-20)13-1-5-16(6-2-13)27-22(29)28-21-8-4-15(24)12-19(21)25/h3-4,7-13,16H,1-2,5-6H2,(H2,27,28,29). The van der Waals surface area contributed by atoms with E-state index in [2.05, 4.69) is 15.6 Å². The van der Waals surface area contributed by atoms with E-state index in [9.17, 15) is 18.0 Å². The van der Waals surface area contributed by atoms with Crippen LogP contribution < -0.4 is 10.6 Å². The number of hydrogen-bond donors (Lipinski definition) is 2. The van der Waals surface area contributed by atoms with Gasteiger partial charge in [0.05, 0.1) is 11.2 Å². The Balaban J connectivity index is 1.37. The van der Waals surface area contributed by atoms with Crippen LogP contribution in [0.1, 0.15) is 37.2 Å². The van der Waals surface area contributed by atoms with Gasteiger partial charge in [-0.3, -0.25) is 4.98 Å². The number of nitrogens with one attached hydrogen (secondary N) is 2. The molecule has 0 atom stereocenters. The maximum atomic E-state index is 13.7. The molecule has 0 saturated heterocycles. The Hall–Kier alpha value is -3.09. The van der Waals surface area contributed by atoms with Gasteiger partial charge in [0.1, 0.15) is 17.5 Å². The Bertz CT molecular complexity index is 1050. The van der Waals surface area contributed by atoms with Crippen molar-refractivity contribution in [2.24, 2.45) is 0 Å². The predicted octanol–water partition coefficient (Wildman–Crippen LogP) is 5.50. The highest BCUT2D eigenvalue weighted by atomic mass is 19.1. The van der Waals surface area contributed by atoms with Gasteiger partial charge in [-0.25, -0.2) is 18.0 Å². The number of rotatable bonds is 3. The van der Waals surface area contributed by atoms with Gasteiger partial charge in [0.2, 0.25) is 0 Å². The fourth-order valence-corrected chi connectivity index (χ4v) is 3.98. The van der Waals surface area contributed by atoms with Crippen LogP contribution in [-0.2, 0) is 0 Å². The summed E-state index contributed by atoms with van der Waals surface area (Å²) in [5, 5.41) is 6.09. The smallest absolute Gasteiger partial charge is 0.319 e. The first-order valence-corrected chi connectivity index (χ1v) is 9.56. The van der Waals surface area contributed by atoms with E-state index in [1.807, 2.05) is 6.07 Å². The Kier molecular flexibility index (Phi) is 5.38. The minimum Gasteiger partial charge on any atom is -0.335 e. The van der Waals surface area contributed by atoms with E-state index >= 15 is 0 Å². The van der Waals surface area contributed by atoms with E-state index < -0.39 is 17.7 Å². The molecule has 0 unspecified atom stereocenters. The molecule has 0 bridgehead atoms. The number of halogens is 3. The number of pyridine rings is 1. The summed E-state index contributed by atoms with van der Waals surface area (Å²) in [6.45, 7) is 0. The second kappa shape index (κ2) is 8.11. The van der Waals surface area contributed by atoms with Crippen molar-refractivity contribution in [2.45, 2.75) is 37.6 Å². The molecule has 1 heterocycles. The molecule has 1 aromatic heterocycles. The van der Waals surface area contributed by atoms with Crippen molar-refractivity contribution < 1.29 is 18.0 Å². The molecule has 29 heavy (non-hydrogen) atoms. The number of anilines is 1. The zero-order chi connectivity index (χ0) is 20.4. The first kappa shape index (κ1) is 19.2. The maximum Gasteiger partial charge on any atom is 0.319 e. The number of aromatic nitrogens is 1. The van der Waals surface area contributed by atoms with Gasteiger partial charge in [0.15, 0.2) is 0 Å². The van der Waals surface area contributed by atoms with Crippen LogP contribution in [0.25, 0.3) is 10.9 Å². The van der Waals surface area contributed by atoms with E-state index in [1.165, 1.54) is 18.2 Å². The normalized spacial score (nSPS) is 19.1. The van der Waals surface area contributed by atoms with Gasteiger partial charge < -0.3 is 10.6 Å². The molecule has 1 aliphatic carbocycles. The Morgan fingerprint density at radius 1 is 0.931 bits per heavy atom. The molecule has 4 nitrogen and oxygen atoms in total. The predicted molar refractivity (Wildman–Crippen MR) is 105 cm³/mol.